The van der Waals surface area contributed by atoms with Gasteiger partial charge in [-0.3, -0.25) is 4.79 Å². The van der Waals surface area contributed by atoms with E-state index in [9.17, 15) is 13.2 Å². The van der Waals surface area contributed by atoms with E-state index in [0.717, 1.165) is 15.6 Å². The zero-order chi connectivity index (χ0) is 18.8. The largest absolute Gasteiger partial charge is 0.322 e. The summed E-state index contributed by atoms with van der Waals surface area (Å²) in [6, 6.07) is 12.1. The van der Waals surface area contributed by atoms with Crippen molar-refractivity contribution in [2.45, 2.75) is 24.7 Å². The van der Waals surface area contributed by atoms with Gasteiger partial charge in [0.15, 0.2) is 0 Å². The molecule has 0 fully saturated rings. The van der Waals surface area contributed by atoms with Crippen LogP contribution >= 0.6 is 15.9 Å². The zero-order valence-corrected chi connectivity index (χ0v) is 17.0. The van der Waals surface area contributed by atoms with Crippen molar-refractivity contribution >= 4 is 37.5 Å². The number of nitrogens with zero attached hydrogens (tertiary/aromatic N) is 1. The Bertz CT molecular complexity index is 893. The number of amides is 1. The molecule has 134 valence electrons. The standard InChI is InChI=1S/C18H21BrN2O3S/c1-12(2)14-7-5-6-8-16(14)20-18(22)13-9-10-15(19)17(11-13)25(23,24)21(3)4/h5-12H,1-4H3,(H,20,22). The number of hydrogen-bond acceptors (Lipinski definition) is 3. The summed E-state index contributed by atoms with van der Waals surface area (Å²) in [6.07, 6.45) is 0. The van der Waals surface area contributed by atoms with E-state index in [2.05, 4.69) is 21.2 Å². The first-order valence-corrected chi connectivity index (χ1v) is 10.00. The van der Waals surface area contributed by atoms with E-state index in [-0.39, 0.29) is 22.3 Å². The Morgan fingerprint density at radius 1 is 1.12 bits per heavy atom. The molecule has 0 spiro atoms. The first-order chi connectivity index (χ1) is 11.6. The molecule has 0 radical (unpaired) electrons. The van der Waals surface area contributed by atoms with Gasteiger partial charge in [0.05, 0.1) is 4.90 Å². The average Bonchev–Trinajstić information content (AvgIpc) is 2.55. The Kier molecular flexibility index (Phi) is 6.03. The van der Waals surface area contributed by atoms with Crippen LogP contribution in [0.15, 0.2) is 51.8 Å². The molecule has 0 aliphatic carbocycles. The van der Waals surface area contributed by atoms with Crippen molar-refractivity contribution in [3.63, 3.8) is 0 Å². The summed E-state index contributed by atoms with van der Waals surface area (Å²) in [7, 11) is -0.748. The summed E-state index contributed by atoms with van der Waals surface area (Å²) in [5.41, 5.74) is 2.03. The summed E-state index contributed by atoms with van der Waals surface area (Å²) >= 11 is 3.24. The number of sulfonamides is 1. The maximum atomic E-state index is 12.6. The van der Waals surface area contributed by atoms with Crippen LogP contribution in [0.3, 0.4) is 0 Å². The smallest absolute Gasteiger partial charge is 0.255 e. The van der Waals surface area contributed by atoms with Crippen LogP contribution in [0.25, 0.3) is 0 Å². The van der Waals surface area contributed by atoms with Crippen molar-refractivity contribution in [2.75, 3.05) is 19.4 Å². The van der Waals surface area contributed by atoms with Gasteiger partial charge in [-0.25, -0.2) is 12.7 Å². The first kappa shape index (κ1) is 19.6. The average molecular weight is 425 g/mol. The summed E-state index contributed by atoms with van der Waals surface area (Å²) in [6.45, 7) is 4.10. The van der Waals surface area contributed by atoms with Crippen molar-refractivity contribution in [1.82, 2.24) is 4.31 Å². The molecule has 0 aromatic heterocycles. The lowest BCUT2D eigenvalue weighted by Gasteiger charge is -2.15. The highest BCUT2D eigenvalue weighted by Gasteiger charge is 2.22. The van der Waals surface area contributed by atoms with Crippen LogP contribution in [-0.2, 0) is 10.0 Å². The number of anilines is 1. The van der Waals surface area contributed by atoms with Crippen molar-refractivity contribution in [2.24, 2.45) is 0 Å². The summed E-state index contributed by atoms with van der Waals surface area (Å²) in [4.78, 5) is 12.7. The van der Waals surface area contributed by atoms with Gasteiger partial charge in [-0.2, -0.15) is 0 Å². The molecule has 1 amide bonds. The predicted molar refractivity (Wildman–Crippen MR) is 103 cm³/mol. The summed E-state index contributed by atoms with van der Waals surface area (Å²) < 4.78 is 26.3. The molecule has 0 aliphatic heterocycles. The lowest BCUT2D eigenvalue weighted by Crippen LogP contribution is -2.23. The van der Waals surface area contributed by atoms with Crippen molar-refractivity contribution < 1.29 is 13.2 Å². The van der Waals surface area contributed by atoms with Gasteiger partial charge in [0.2, 0.25) is 10.0 Å². The van der Waals surface area contributed by atoms with Crippen LogP contribution in [0, 0.1) is 0 Å². The molecule has 5 nitrogen and oxygen atoms in total. The van der Waals surface area contributed by atoms with Crippen LogP contribution in [0.4, 0.5) is 5.69 Å². The molecule has 0 saturated heterocycles. The molecule has 0 saturated carbocycles. The van der Waals surface area contributed by atoms with E-state index in [4.69, 9.17) is 0 Å². The second-order valence-corrected chi connectivity index (χ2v) is 9.10. The molecule has 0 unspecified atom stereocenters. The molecule has 0 bridgehead atoms. The normalized spacial score (nSPS) is 11.8. The van der Waals surface area contributed by atoms with E-state index >= 15 is 0 Å². The van der Waals surface area contributed by atoms with Crippen molar-refractivity contribution in [1.29, 1.82) is 0 Å². The molecule has 0 heterocycles. The number of halogens is 1. The number of benzene rings is 2. The fraction of sp³-hybridized carbons (Fsp3) is 0.278. The molecule has 25 heavy (non-hydrogen) atoms. The minimum atomic E-state index is -3.65. The maximum Gasteiger partial charge on any atom is 0.255 e. The minimum absolute atomic E-state index is 0.0577. The number of carbonyl (C=O) groups is 1. The quantitative estimate of drug-likeness (QED) is 0.785. The molecule has 2 aromatic rings. The molecule has 2 aromatic carbocycles. The van der Waals surface area contributed by atoms with E-state index in [1.165, 1.54) is 20.2 Å². The molecular weight excluding hydrogens is 404 g/mol. The van der Waals surface area contributed by atoms with Crippen LogP contribution in [-0.4, -0.2) is 32.7 Å². The lowest BCUT2D eigenvalue weighted by molar-refractivity contribution is 0.102. The first-order valence-electron chi connectivity index (χ1n) is 7.77. The monoisotopic (exact) mass is 424 g/mol. The van der Waals surface area contributed by atoms with E-state index in [1.54, 1.807) is 12.1 Å². The Morgan fingerprint density at radius 2 is 1.76 bits per heavy atom. The fourth-order valence-corrected chi connectivity index (χ4v) is 4.19. The number of hydrogen-bond donors (Lipinski definition) is 1. The molecule has 2 rings (SSSR count). The molecule has 7 heteroatoms. The third-order valence-electron chi connectivity index (χ3n) is 3.78. The third kappa shape index (κ3) is 4.29. The van der Waals surface area contributed by atoms with Gasteiger partial charge in [-0.05, 0) is 51.7 Å². The van der Waals surface area contributed by atoms with Gasteiger partial charge < -0.3 is 5.32 Å². The highest BCUT2D eigenvalue weighted by Crippen LogP contribution is 2.27. The van der Waals surface area contributed by atoms with E-state index < -0.39 is 10.0 Å². The Hall–Kier alpha value is -1.70. The van der Waals surface area contributed by atoms with Gasteiger partial charge >= 0.3 is 0 Å². The highest BCUT2D eigenvalue weighted by atomic mass is 79.9. The van der Waals surface area contributed by atoms with E-state index in [0.29, 0.717) is 4.47 Å². The summed E-state index contributed by atoms with van der Waals surface area (Å²) in [5, 5.41) is 2.87. The third-order valence-corrected chi connectivity index (χ3v) is 6.59. The number of para-hydroxylation sites is 1. The van der Waals surface area contributed by atoms with Crippen molar-refractivity contribution in [3.8, 4) is 0 Å². The second-order valence-electron chi connectivity index (χ2n) is 6.13. The molecule has 0 atom stereocenters. The minimum Gasteiger partial charge on any atom is -0.322 e. The summed E-state index contributed by atoms with van der Waals surface area (Å²) in [5.74, 6) is -0.0955. The molecule has 1 N–H and O–H groups in total. The van der Waals surface area contributed by atoms with Gasteiger partial charge in [-0.15, -0.1) is 0 Å². The number of carbonyl (C=O) groups excluding carboxylic acids is 1. The van der Waals surface area contributed by atoms with Crippen LogP contribution in [0.2, 0.25) is 0 Å². The second kappa shape index (κ2) is 7.68. The highest BCUT2D eigenvalue weighted by molar-refractivity contribution is 9.10. The molecule has 0 aliphatic rings. The zero-order valence-electron chi connectivity index (χ0n) is 14.6. The van der Waals surface area contributed by atoms with Crippen LogP contribution in [0.5, 0.6) is 0 Å². The Balaban J connectivity index is 2.39. The van der Waals surface area contributed by atoms with Gasteiger partial charge in [-0.1, -0.05) is 32.0 Å². The number of rotatable bonds is 5. The molecular formula is C18H21BrN2O3S. The maximum absolute atomic E-state index is 12.6. The van der Waals surface area contributed by atoms with E-state index in [1.807, 2.05) is 38.1 Å². The van der Waals surface area contributed by atoms with Gasteiger partial charge in [0.1, 0.15) is 0 Å². The van der Waals surface area contributed by atoms with Gasteiger partial charge in [0, 0.05) is 29.8 Å². The van der Waals surface area contributed by atoms with Crippen molar-refractivity contribution in [3.05, 3.63) is 58.1 Å². The fourth-order valence-electron chi connectivity index (χ4n) is 2.35. The van der Waals surface area contributed by atoms with Crippen LogP contribution < -0.4 is 5.32 Å². The number of nitrogens with one attached hydrogen (secondary N) is 1. The Labute approximate surface area is 157 Å². The predicted octanol–water partition coefficient (Wildman–Crippen LogP) is 4.08. The van der Waals surface area contributed by atoms with Gasteiger partial charge in [0.25, 0.3) is 5.91 Å². The Morgan fingerprint density at radius 3 is 2.36 bits per heavy atom. The lowest BCUT2D eigenvalue weighted by atomic mass is 10.0. The SMILES string of the molecule is CC(C)c1ccccc1NC(=O)c1ccc(Br)c(S(=O)(=O)N(C)C)c1. The van der Waals surface area contributed by atoms with Crippen LogP contribution in [0.1, 0.15) is 35.7 Å². The topological polar surface area (TPSA) is 66.5 Å².